The molecule has 1 N–H and O–H groups in total. The second-order valence-electron chi connectivity index (χ2n) is 7.60. The van der Waals surface area contributed by atoms with E-state index in [1.54, 1.807) is 36.9 Å². The number of halogens is 1. The number of ether oxygens (including phenoxy) is 1. The van der Waals surface area contributed by atoms with Crippen LogP contribution in [0.15, 0.2) is 39.6 Å². The van der Waals surface area contributed by atoms with Crippen LogP contribution in [0.1, 0.15) is 27.2 Å². The van der Waals surface area contributed by atoms with Gasteiger partial charge in [-0.15, -0.1) is 0 Å². The second kappa shape index (κ2) is 8.18. The molecule has 0 saturated carbocycles. The number of carbonyl (C=O) groups excluding carboxylic acids is 1. The van der Waals surface area contributed by atoms with Crippen molar-refractivity contribution in [3.8, 4) is 0 Å². The van der Waals surface area contributed by atoms with Gasteiger partial charge in [-0.05, 0) is 56.2 Å². The summed E-state index contributed by atoms with van der Waals surface area (Å²) in [6.07, 6.45) is 0. The molecule has 164 valence electrons. The summed E-state index contributed by atoms with van der Waals surface area (Å²) in [5.41, 5.74) is 2.48. The number of rotatable bonds is 4. The zero-order chi connectivity index (χ0) is 22.3. The van der Waals surface area contributed by atoms with Gasteiger partial charge in [-0.2, -0.15) is 0 Å². The first-order valence-electron chi connectivity index (χ1n) is 9.88. The summed E-state index contributed by atoms with van der Waals surface area (Å²) in [5, 5.41) is 1.02. The molecular weight excluding hydrogens is 440 g/mol. The molecule has 0 aliphatic carbocycles. The van der Waals surface area contributed by atoms with Gasteiger partial charge in [0.2, 0.25) is 0 Å². The summed E-state index contributed by atoms with van der Waals surface area (Å²) in [4.78, 5) is 14.7. The van der Waals surface area contributed by atoms with Crippen LogP contribution in [-0.2, 0) is 14.8 Å². The molecule has 7 nitrogen and oxygen atoms in total. The molecule has 31 heavy (non-hydrogen) atoms. The summed E-state index contributed by atoms with van der Waals surface area (Å²) < 4.78 is 40.6. The average Bonchev–Trinajstić information content (AvgIpc) is 3.04. The highest BCUT2D eigenvalue weighted by Crippen LogP contribution is 2.36. The number of anilines is 1. The number of benzene rings is 2. The summed E-state index contributed by atoms with van der Waals surface area (Å²) in [6, 6.07) is 8.33. The number of carbonyl (C=O) groups is 1. The second-order valence-corrected chi connectivity index (χ2v) is 9.66. The molecule has 1 aromatic heterocycles. The lowest BCUT2D eigenvalue weighted by Crippen LogP contribution is -2.40. The van der Waals surface area contributed by atoms with Gasteiger partial charge in [-0.1, -0.05) is 17.7 Å². The van der Waals surface area contributed by atoms with Gasteiger partial charge in [-0.25, -0.2) is 8.42 Å². The average molecular weight is 463 g/mol. The molecule has 2 heterocycles. The number of nitrogens with one attached hydrogen (secondary N) is 1. The smallest absolute Gasteiger partial charge is 0.290 e. The van der Waals surface area contributed by atoms with Crippen molar-refractivity contribution in [2.75, 3.05) is 31.0 Å². The first kappa shape index (κ1) is 21.7. The molecule has 1 saturated heterocycles. The molecule has 1 fully saturated rings. The van der Waals surface area contributed by atoms with Crippen molar-refractivity contribution in [1.29, 1.82) is 0 Å². The lowest BCUT2D eigenvalue weighted by molar-refractivity contribution is 0.0283. The fraction of sp³-hybridized carbons (Fsp3) is 0.318. The normalized spacial score (nSPS) is 14.8. The van der Waals surface area contributed by atoms with Gasteiger partial charge in [0.1, 0.15) is 4.90 Å². The third kappa shape index (κ3) is 4.03. The molecule has 3 aromatic rings. The molecule has 0 radical (unpaired) electrons. The van der Waals surface area contributed by atoms with Crippen molar-refractivity contribution in [2.45, 2.75) is 25.7 Å². The predicted octanol–water partition coefficient (Wildman–Crippen LogP) is 4.28. The monoisotopic (exact) mass is 462 g/mol. The van der Waals surface area contributed by atoms with E-state index in [-0.39, 0.29) is 22.1 Å². The van der Waals surface area contributed by atoms with E-state index in [2.05, 4.69) is 4.72 Å². The van der Waals surface area contributed by atoms with E-state index in [1.807, 2.05) is 13.0 Å². The molecule has 0 bridgehead atoms. The molecule has 2 aromatic carbocycles. The van der Waals surface area contributed by atoms with Gasteiger partial charge in [0.15, 0.2) is 11.3 Å². The van der Waals surface area contributed by atoms with Crippen LogP contribution in [0.3, 0.4) is 0 Å². The lowest BCUT2D eigenvalue weighted by Gasteiger charge is -2.26. The molecular formula is C22H23ClN2O5S. The van der Waals surface area contributed by atoms with Crippen LogP contribution in [0.25, 0.3) is 11.0 Å². The number of aryl methyl sites for hydroxylation is 2. The van der Waals surface area contributed by atoms with Gasteiger partial charge in [-0.3, -0.25) is 9.52 Å². The van der Waals surface area contributed by atoms with Crippen molar-refractivity contribution < 1.29 is 22.4 Å². The Kier molecular flexibility index (Phi) is 5.72. The quantitative estimate of drug-likeness (QED) is 0.625. The molecule has 0 atom stereocenters. The number of furan rings is 1. The zero-order valence-electron chi connectivity index (χ0n) is 17.5. The van der Waals surface area contributed by atoms with Crippen molar-refractivity contribution in [3.05, 3.63) is 57.8 Å². The molecule has 0 spiro atoms. The van der Waals surface area contributed by atoms with Crippen LogP contribution < -0.4 is 4.72 Å². The Morgan fingerprint density at radius 3 is 2.48 bits per heavy atom. The summed E-state index contributed by atoms with van der Waals surface area (Å²) in [7, 11) is -4.01. The minimum absolute atomic E-state index is 0.0200. The number of amides is 1. The topological polar surface area (TPSA) is 88.9 Å². The minimum atomic E-state index is -4.01. The maximum atomic E-state index is 13.4. The van der Waals surface area contributed by atoms with Crippen LogP contribution in [0.5, 0.6) is 0 Å². The molecule has 1 aliphatic heterocycles. The van der Waals surface area contributed by atoms with E-state index in [0.29, 0.717) is 53.5 Å². The SMILES string of the molecule is Cc1cc2c(C)c(C(=O)N3CCOCC3)oc2c(S(=O)(=O)Nc2cccc(Cl)c2)c1C. The van der Waals surface area contributed by atoms with Crippen molar-refractivity contribution in [2.24, 2.45) is 0 Å². The van der Waals surface area contributed by atoms with Gasteiger partial charge in [0.05, 0.1) is 18.9 Å². The first-order chi connectivity index (χ1) is 14.7. The molecule has 1 amide bonds. The number of nitrogens with zero attached hydrogens (tertiary/aromatic N) is 1. The highest BCUT2D eigenvalue weighted by Gasteiger charge is 2.30. The van der Waals surface area contributed by atoms with E-state index in [0.717, 1.165) is 5.56 Å². The molecule has 9 heteroatoms. The van der Waals surface area contributed by atoms with Crippen LogP contribution >= 0.6 is 11.6 Å². The van der Waals surface area contributed by atoms with E-state index in [9.17, 15) is 13.2 Å². The van der Waals surface area contributed by atoms with E-state index in [1.165, 1.54) is 6.07 Å². The van der Waals surface area contributed by atoms with Crippen molar-refractivity contribution in [1.82, 2.24) is 4.90 Å². The molecule has 1 aliphatic rings. The first-order valence-corrected chi connectivity index (χ1v) is 11.7. The Morgan fingerprint density at radius 1 is 1.10 bits per heavy atom. The van der Waals surface area contributed by atoms with E-state index < -0.39 is 10.0 Å². The molecule has 4 rings (SSSR count). The van der Waals surface area contributed by atoms with Gasteiger partial charge in [0.25, 0.3) is 15.9 Å². The number of hydrogen-bond donors (Lipinski definition) is 1. The van der Waals surface area contributed by atoms with Gasteiger partial charge in [0, 0.05) is 29.1 Å². The Hall–Kier alpha value is -2.55. The van der Waals surface area contributed by atoms with Crippen molar-refractivity contribution >= 4 is 44.2 Å². The third-order valence-electron chi connectivity index (χ3n) is 5.53. The number of fused-ring (bicyclic) bond motifs is 1. The van der Waals surface area contributed by atoms with Crippen LogP contribution in [0.2, 0.25) is 5.02 Å². The molecule has 0 unspecified atom stereocenters. The van der Waals surface area contributed by atoms with Crippen LogP contribution in [0.4, 0.5) is 5.69 Å². The Bertz CT molecular complexity index is 1280. The van der Waals surface area contributed by atoms with Crippen molar-refractivity contribution in [3.63, 3.8) is 0 Å². The third-order valence-corrected chi connectivity index (χ3v) is 7.30. The Morgan fingerprint density at radius 2 is 1.81 bits per heavy atom. The number of sulfonamides is 1. The van der Waals surface area contributed by atoms with Gasteiger partial charge < -0.3 is 14.1 Å². The summed E-state index contributed by atoms with van der Waals surface area (Å²) >= 11 is 6.00. The number of morpholine rings is 1. The Balaban J connectivity index is 1.85. The highest BCUT2D eigenvalue weighted by molar-refractivity contribution is 7.93. The zero-order valence-corrected chi connectivity index (χ0v) is 19.1. The maximum absolute atomic E-state index is 13.4. The van der Waals surface area contributed by atoms with Crippen LogP contribution in [0, 0.1) is 20.8 Å². The van der Waals surface area contributed by atoms with Crippen LogP contribution in [-0.4, -0.2) is 45.5 Å². The maximum Gasteiger partial charge on any atom is 0.290 e. The largest absolute Gasteiger partial charge is 0.449 e. The summed E-state index contributed by atoms with van der Waals surface area (Å²) in [5.74, 6) is -0.112. The Labute approximate surface area is 186 Å². The van der Waals surface area contributed by atoms with E-state index in [4.69, 9.17) is 20.8 Å². The lowest BCUT2D eigenvalue weighted by atomic mass is 10.0. The van der Waals surface area contributed by atoms with E-state index >= 15 is 0 Å². The van der Waals surface area contributed by atoms with Gasteiger partial charge >= 0.3 is 0 Å². The number of hydrogen-bond acceptors (Lipinski definition) is 5. The summed E-state index contributed by atoms with van der Waals surface area (Å²) in [6.45, 7) is 7.20. The standard InChI is InChI=1S/C22H23ClN2O5S/c1-13-11-18-15(3)19(22(26)25-7-9-29-10-8-25)30-20(18)21(14(13)2)31(27,28)24-17-6-4-5-16(23)12-17/h4-6,11-12,24H,7-10H2,1-3H3. The highest BCUT2D eigenvalue weighted by atomic mass is 35.5. The fourth-order valence-electron chi connectivity index (χ4n) is 3.74. The minimum Gasteiger partial charge on any atom is -0.449 e. The fourth-order valence-corrected chi connectivity index (χ4v) is 5.43. The predicted molar refractivity (Wildman–Crippen MR) is 119 cm³/mol.